The molecule has 2 aliphatic heterocycles. The van der Waals surface area contributed by atoms with Crippen molar-refractivity contribution in [2.45, 2.75) is 30.8 Å². The smallest absolute Gasteiger partial charge is 0.0543 e. The normalized spacial score (nSPS) is 28.7. The SMILES string of the molecule is CN1CC[C@@]2(c3ccccc3)CCN(Cc3ccccn3)C[C@@H]12. The first-order chi connectivity index (χ1) is 11.3. The minimum absolute atomic E-state index is 0.344. The van der Waals surface area contributed by atoms with Gasteiger partial charge < -0.3 is 4.90 Å². The molecule has 120 valence electrons. The van der Waals surface area contributed by atoms with Gasteiger partial charge in [0, 0.05) is 30.7 Å². The molecule has 0 saturated carbocycles. The van der Waals surface area contributed by atoms with Crippen LogP contribution in [0.3, 0.4) is 0 Å². The summed E-state index contributed by atoms with van der Waals surface area (Å²) in [6.07, 6.45) is 4.43. The number of hydrogen-bond acceptors (Lipinski definition) is 3. The molecule has 2 aromatic rings. The number of nitrogens with zero attached hydrogens (tertiary/aromatic N) is 3. The van der Waals surface area contributed by atoms with Gasteiger partial charge in [-0.05, 0) is 50.7 Å². The summed E-state index contributed by atoms with van der Waals surface area (Å²) in [7, 11) is 2.29. The Labute approximate surface area is 139 Å². The maximum atomic E-state index is 4.50. The molecule has 3 nitrogen and oxygen atoms in total. The van der Waals surface area contributed by atoms with Crippen LogP contribution in [0, 0.1) is 0 Å². The summed E-state index contributed by atoms with van der Waals surface area (Å²) >= 11 is 0. The van der Waals surface area contributed by atoms with Gasteiger partial charge in [0.15, 0.2) is 0 Å². The number of fused-ring (bicyclic) bond motifs is 1. The molecule has 0 unspecified atom stereocenters. The van der Waals surface area contributed by atoms with E-state index in [1.807, 2.05) is 12.3 Å². The van der Waals surface area contributed by atoms with E-state index in [2.05, 4.69) is 64.3 Å². The van der Waals surface area contributed by atoms with Crippen molar-refractivity contribution in [2.24, 2.45) is 0 Å². The monoisotopic (exact) mass is 307 g/mol. The van der Waals surface area contributed by atoms with Crippen LogP contribution in [0.15, 0.2) is 54.7 Å². The number of aromatic nitrogens is 1. The molecular weight excluding hydrogens is 282 g/mol. The Morgan fingerprint density at radius 2 is 1.83 bits per heavy atom. The van der Waals surface area contributed by atoms with Crippen LogP contribution in [-0.2, 0) is 12.0 Å². The van der Waals surface area contributed by atoms with E-state index in [1.165, 1.54) is 30.6 Å². The lowest BCUT2D eigenvalue weighted by atomic mass is 9.69. The van der Waals surface area contributed by atoms with Crippen LogP contribution in [0.5, 0.6) is 0 Å². The van der Waals surface area contributed by atoms with Crippen LogP contribution >= 0.6 is 0 Å². The van der Waals surface area contributed by atoms with E-state index in [1.54, 1.807) is 0 Å². The van der Waals surface area contributed by atoms with E-state index in [0.717, 1.165) is 19.6 Å². The third-order valence-electron chi connectivity index (χ3n) is 5.85. The average molecular weight is 307 g/mol. The lowest BCUT2D eigenvalue weighted by molar-refractivity contribution is 0.0908. The van der Waals surface area contributed by atoms with Crippen molar-refractivity contribution in [1.29, 1.82) is 0 Å². The number of rotatable bonds is 3. The molecule has 1 aromatic heterocycles. The van der Waals surface area contributed by atoms with Gasteiger partial charge in [-0.25, -0.2) is 0 Å². The lowest BCUT2D eigenvalue weighted by Crippen LogP contribution is -2.54. The van der Waals surface area contributed by atoms with Gasteiger partial charge in [-0.1, -0.05) is 36.4 Å². The number of benzene rings is 1. The van der Waals surface area contributed by atoms with Gasteiger partial charge in [0.25, 0.3) is 0 Å². The zero-order valence-electron chi connectivity index (χ0n) is 13.9. The average Bonchev–Trinajstić information content (AvgIpc) is 2.95. The quantitative estimate of drug-likeness (QED) is 0.869. The molecule has 0 amide bonds. The van der Waals surface area contributed by atoms with E-state index >= 15 is 0 Å². The molecule has 2 saturated heterocycles. The Morgan fingerprint density at radius 3 is 2.61 bits per heavy atom. The number of likely N-dealkylation sites (N-methyl/N-ethyl adjacent to an activating group) is 1. The minimum Gasteiger partial charge on any atom is -0.301 e. The van der Waals surface area contributed by atoms with Gasteiger partial charge in [-0.2, -0.15) is 0 Å². The highest BCUT2D eigenvalue weighted by Crippen LogP contribution is 2.45. The number of likely N-dealkylation sites (tertiary alicyclic amines) is 2. The molecule has 3 heterocycles. The third kappa shape index (κ3) is 2.68. The highest BCUT2D eigenvalue weighted by atomic mass is 15.3. The summed E-state index contributed by atoms with van der Waals surface area (Å²) < 4.78 is 0. The number of pyridine rings is 1. The Balaban J connectivity index is 1.56. The van der Waals surface area contributed by atoms with E-state index in [9.17, 15) is 0 Å². The highest BCUT2D eigenvalue weighted by Gasteiger charge is 2.49. The van der Waals surface area contributed by atoms with Crippen molar-refractivity contribution >= 4 is 0 Å². The van der Waals surface area contributed by atoms with Crippen molar-refractivity contribution in [3.05, 3.63) is 66.0 Å². The molecule has 0 radical (unpaired) electrons. The fraction of sp³-hybridized carbons (Fsp3) is 0.450. The predicted octanol–water partition coefficient (Wildman–Crippen LogP) is 2.93. The summed E-state index contributed by atoms with van der Waals surface area (Å²) in [4.78, 5) is 9.64. The summed E-state index contributed by atoms with van der Waals surface area (Å²) in [5.41, 5.74) is 3.06. The first kappa shape index (κ1) is 14.9. The van der Waals surface area contributed by atoms with Crippen molar-refractivity contribution in [3.63, 3.8) is 0 Å². The van der Waals surface area contributed by atoms with E-state index < -0.39 is 0 Å². The first-order valence-electron chi connectivity index (χ1n) is 8.66. The Morgan fingerprint density at radius 1 is 1.04 bits per heavy atom. The molecule has 2 fully saturated rings. The van der Waals surface area contributed by atoms with Gasteiger partial charge >= 0.3 is 0 Å². The van der Waals surface area contributed by atoms with Crippen molar-refractivity contribution < 1.29 is 0 Å². The molecule has 2 atom stereocenters. The summed E-state index contributed by atoms with van der Waals surface area (Å²) in [6.45, 7) is 4.48. The maximum absolute atomic E-state index is 4.50. The molecular formula is C20H25N3. The van der Waals surface area contributed by atoms with E-state index in [-0.39, 0.29) is 0 Å². The zero-order chi connectivity index (χ0) is 15.7. The summed E-state index contributed by atoms with van der Waals surface area (Å²) in [5, 5.41) is 0. The van der Waals surface area contributed by atoms with Crippen LogP contribution < -0.4 is 0 Å². The molecule has 3 heteroatoms. The first-order valence-corrected chi connectivity index (χ1v) is 8.66. The van der Waals surface area contributed by atoms with Crippen LogP contribution in [0.2, 0.25) is 0 Å². The predicted molar refractivity (Wildman–Crippen MR) is 93.3 cm³/mol. The largest absolute Gasteiger partial charge is 0.301 e. The third-order valence-corrected chi connectivity index (χ3v) is 5.85. The van der Waals surface area contributed by atoms with Gasteiger partial charge in [-0.3, -0.25) is 9.88 Å². The van der Waals surface area contributed by atoms with Crippen molar-refractivity contribution in [1.82, 2.24) is 14.8 Å². The Kier molecular flexibility index (Phi) is 3.92. The number of piperidine rings is 1. The van der Waals surface area contributed by atoms with Crippen molar-refractivity contribution in [3.8, 4) is 0 Å². The van der Waals surface area contributed by atoms with Crippen LogP contribution in [0.1, 0.15) is 24.1 Å². The van der Waals surface area contributed by atoms with E-state index in [0.29, 0.717) is 11.5 Å². The highest BCUT2D eigenvalue weighted by molar-refractivity contribution is 5.31. The molecule has 0 N–H and O–H groups in total. The molecule has 4 rings (SSSR count). The van der Waals surface area contributed by atoms with Crippen LogP contribution in [0.4, 0.5) is 0 Å². The second-order valence-electron chi connectivity index (χ2n) is 7.07. The van der Waals surface area contributed by atoms with Crippen molar-refractivity contribution in [2.75, 3.05) is 26.7 Å². The standard InChI is InChI=1S/C20H25N3/c1-22-13-10-20(17-7-3-2-4-8-17)11-14-23(16-19(20)22)15-18-9-5-6-12-21-18/h2-9,12,19H,10-11,13-16H2,1H3/t19-,20+/m1/s1. The zero-order valence-corrected chi connectivity index (χ0v) is 13.9. The molecule has 23 heavy (non-hydrogen) atoms. The molecule has 0 aliphatic carbocycles. The second-order valence-corrected chi connectivity index (χ2v) is 7.07. The number of hydrogen-bond donors (Lipinski definition) is 0. The van der Waals surface area contributed by atoms with Gasteiger partial charge in [0.2, 0.25) is 0 Å². The van der Waals surface area contributed by atoms with E-state index in [4.69, 9.17) is 0 Å². The molecule has 0 bridgehead atoms. The van der Waals surface area contributed by atoms with Gasteiger partial charge in [-0.15, -0.1) is 0 Å². The summed E-state index contributed by atoms with van der Waals surface area (Å²) in [6, 6.07) is 18.0. The fourth-order valence-electron chi connectivity index (χ4n) is 4.53. The van der Waals surface area contributed by atoms with Gasteiger partial charge in [0.1, 0.15) is 0 Å². The lowest BCUT2D eigenvalue weighted by Gasteiger charge is -2.46. The van der Waals surface area contributed by atoms with Crippen LogP contribution in [0.25, 0.3) is 0 Å². The Bertz CT molecular complexity index is 642. The Hall–Kier alpha value is -1.71. The maximum Gasteiger partial charge on any atom is 0.0543 e. The molecule has 1 aromatic carbocycles. The van der Waals surface area contributed by atoms with Gasteiger partial charge in [0.05, 0.1) is 5.69 Å². The summed E-state index contributed by atoms with van der Waals surface area (Å²) in [5.74, 6) is 0. The van der Waals surface area contributed by atoms with Crippen LogP contribution in [-0.4, -0.2) is 47.5 Å². The molecule has 2 aliphatic rings. The minimum atomic E-state index is 0.344. The topological polar surface area (TPSA) is 19.4 Å². The molecule has 0 spiro atoms. The fourth-order valence-corrected chi connectivity index (χ4v) is 4.53. The second kappa shape index (κ2) is 6.06.